The van der Waals surface area contributed by atoms with Gasteiger partial charge in [-0.05, 0) is 143 Å². The zero-order chi connectivity index (χ0) is 28.9. The molecule has 4 N–H and O–H groups in total. The summed E-state index contributed by atoms with van der Waals surface area (Å²) in [6, 6.07) is 8.03. The lowest BCUT2D eigenvalue weighted by molar-refractivity contribution is -0.137. The maximum absolute atomic E-state index is 11.5. The molecule has 0 radical (unpaired) electrons. The standard InChI is InChI=1S/C30H28I2N4O4/c1-13-17(5-7-27(37)38)23-12-24-18(6-8-28(39)40)14(2)20(34-24)10-25-30(32)16(4)22(36-25)11-26-29(31)15(3)21(35-26)9-19(13)33-23/h9-12,35-36H,5-8H2,1-4H3,(H,37,38)(H,39,40). The minimum Gasteiger partial charge on any atom is -0.481 e. The van der Waals surface area contributed by atoms with Gasteiger partial charge in [-0.15, -0.1) is 0 Å². The average Bonchev–Trinajstić information content (AvgIpc) is 3.53. The van der Waals surface area contributed by atoms with Crippen molar-refractivity contribution in [2.75, 3.05) is 0 Å². The lowest BCUT2D eigenvalue weighted by atomic mass is 9.98. The van der Waals surface area contributed by atoms with Gasteiger partial charge in [0.1, 0.15) is 0 Å². The summed E-state index contributed by atoms with van der Waals surface area (Å²) >= 11 is 4.71. The largest absolute Gasteiger partial charge is 0.481 e. The lowest BCUT2D eigenvalue weighted by Crippen LogP contribution is -1.97. The first kappa shape index (κ1) is 28.5. The van der Waals surface area contributed by atoms with Gasteiger partial charge in [-0.1, -0.05) is 0 Å². The fourth-order valence-electron chi connectivity index (χ4n) is 5.13. The van der Waals surface area contributed by atoms with E-state index in [1.54, 1.807) is 0 Å². The number of aromatic nitrogens is 4. The van der Waals surface area contributed by atoms with Gasteiger partial charge in [0.05, 0.1) is 33.8 Å². The molecule has 40 heavy (non-hydrogen) atoms. The number of nitrogens with one attached hydrogen (secondary N) is 2. The van der Waals surface area contributed by atoms with Gasteiger partial charge in [0.15, 0.2) is 0 Å². The molecular weight excluding hydrogens is 734 g/mol. The molecule has 0 amide bonds. The van der Waals surface area contributed by atoms with E-state index in [1.165, 1.54) is 0 Å². The highest BCUT2D eigenvalue weighted by Crippen LogP contribution is 2.38. The topological polar surface area (TPSA) is 132 Å². The van der Waals surface area contributed by atoms with Gasteiger partial charge in [0, 0.05) is 31.0 Å². The molecule has 2 aliphatic rings. The van der Waals surface area contributed by atoms with Crippen LogP contribution < -0.4 is 0 Å². The summed E-state index contributed by atoms with van der Waals surface area (Å²) < 4.78 is 2.21. The van der Waals surface area contributed by atoms with Crippen molar-refractivity contribution >= 4 is 101 Å². The van der Waals surface area contributed by atoms with Crippen LogP contribution in [-0.2, 0) is 9.59 Å². The number of carbonyl (C=O) groups is 2. The van der Waals surface area contributed by atoms with Crippen LogP contribution in [0, 0.1) is 21.0 Å². The van der Waals surface area contributed by atoms with E-state index < -0.39 is 11.9 Å². The van der Waals surface area contributed by atoms with Crippen molar-refractivity contribution < 1.29 is 19.8 Å². The molecule has 0 atom stereocenters. The van der Waals surface area contributed by atoms with Crippen LogP contribution in [0.1, 0.15) is 73.4 Å². The van der Waals surface area contributed by atoms with Gasteiger partial charge in [-0.25, -0.2) is 9.97 Å². The molecule has 0 spiro atoms. The summed E-state index contributed by atoms with van der Waals surface area (Å²) in [5, 5.41) is 18.8. The number of aromatic amines is 2. The molecule has 0 aliphatic carbocycles. The Labute approximate surface area is 258 Å². The molecular formula is C30H28I2N4O4. The Morgan fingerprint density at radius 3 is 1.50 bits per heavy atom. The Balaban J connectivity index is 1.90. The van der Waals surface area contributed by atoms with Crippen molar-refractivity contribution in [1.29, 1.82) is 0 Å². The van der Waals surface area contributed by atoms with E-state index in [1.807, 2.05) is 32.0 Å². The van der Waals surface area contributed by atoms with Crippen molar-refractivity contribution in [1.82, 2.24) is 19.9 Å². The van der Waals surface area contributed by atoms with Crippen LogP contribution in [0.25, 0.3) is 44.4 Å². The molecule has 10 heteroatoms. The number of hydrogen-bond acceptors (Lipinski definition) is 4. The Kier molecular flexibility index (Phi) is 7.92. The summed E-state index contributed by atoms with van der Waals surface area (Å²) in [5.74, 6) is -1.75. The Morgan fingerprint density at radius 2 is 1.05 bits per heavy atom. The number of allylic oxidation sites excluding steroid dienone is 4. The molecule has 8 nitrogen and oxygen atoms in total. The van der Waals surface area contributed by atoms with Gasteiger partial charge in [-0.2, -0.15) is 0 Å². The first-order valence-corrected chi connectivity index (χ1v) is 15.0. The number of hydrogen-bond donors (Lipinski definition) is 4. The smallest absolute Gasteiger partial charge is 0.303 e. The SMILES string of the molecule is CC1=C(CCC(=O)O)c2cc3nc(cc4[nH]c(cc5[nH]c(cc1n2)c(C)c5I)c(C)c4I)C(C)=C3CCC(=O)O. The Morgan fingerprint density at radius 1 is 0.650 bits per heavy atom. The average molecular weight is 762 g/mol. The lowest BCUT2D eigenvalue weighted by Gasteiger charge is -2.05. The van der Waals surface area contributed by atoms with Gasteiger partial charge >= 0.3 is 11.9 Å². The molecule has 0 saturated carbocycles. The van der Waals surface area contributed by atoms with Crippen LogP contribution >= 0.6 is 45.2 Å². The van der Waals surface area contributed by atoms with E-state index in [9.17, 15) is 19.8 Å². The Hall–Kier alpha value is -3.00. The van der Waals surface area contributed by atoms with Gasteiger partial charge in [0.25, 0.3) is 0 Å². The summed E-state index contributed by atoms with van der Waals surface area (Å²) in [4.78, 5) is 40.0. The van der Waals surface area contributed by atoms with Crippen molar-refractivity contribution in [2.45, 2.75) is 53.4 Å². The second kappa shape index (κ2) is 11.1. The molecule has 3 aromatic rings. The van der Waals surface area contributed by atoms with Crippen LogP contribution in [0.5, 0.6) is 0 Å². The van der Waals surface area contributed by atoms with Crippen LogP contribution in [0.15, 0.2) is 24.3 Å². The van der Waals surface area contributed by atoms with E-state index in [4.69, 9.17) is 9.97 Å². The first-order chi connectivity index (χ1) is 18.9. The summed E-state index contributed by atoms with van der Waals surface area (Å²) in [5.41, 5.74) is 12.5. The predicted molar refractivity (Wildman–Crippen MR) is 175 cm³/mol. The quantitative estimate of drug-likeness (QED) is 0.190. The highest BCUT2D eigenvalue weighted by atomic mass is 127. The second-order valence-corrected chi connectivity index (χ2v) is 12.3. The maximum Gasteiger partial charge on any atom is 0.303 e. The number of H-pyrrole nitrogens is 2. The number of aryl methyl sites for hydroxylation is 2. The number of fused-ring (bicyclic) bond motifs is 8. The van der Waals surface area contributed by atoms with E-state index in [0.717, 1.165) is 74.0 Å². The zero-order valence-electron chi connectivity index (χ0n) is 22.5. The number of rotatable bonds is 6. The van der Waals surface area contributed by atoms with Crippen LogP contribution in [-0.4, -0.2) is 42.1 Å². The van der Waals surface area contributed by atoms with Crippen LogP contribution in [0.4, 0.5) is 0 Å². The van der Waals surface area contributed by atoms with Gasteiger partial charge in [0.2, 0.25) is 0 Å². The molecule has 206 valence electrons. The highest BCUT2D eigenvalue weighted by Gasteiger charge is 2.22. The number of aliphatic carboxylic acids is 2. The molecule has 0 saturated heterocycles. The summed E-state index contributed by atoms with van der Waals surface area (Å²) in [6.45, 7) is 8.10. The fourth-order valence-corrected chi connectivity index (χ4v) is 6.30. The van der Waals surface area contributed by atoms with Crippen molar-refractivity contribution in [3.63, 3.8) is 0 Å². The molecule has 0 aromatic carbocycles. The number of carboxylic acid groups (broad SMARTS) is 2. The van der Waals surface area contributed by atoms with Crippen LogP contribution in [0.3, 0.4) is 0 Å². The fraction of sp³-hybridized carbons (Fsp3) is 0.267. The van der Waals surface area contributed by atoms with E-state index >= 15 is 0 Å². The van der Waals surface area contributed by atoms with E-state index in [0.29, 0.717) is 24.2 Å². The third-order valence-corrected chi connectivity index (χ3v) is 10.3. The zero-order valence-corrected chi connectivity index (χ0v) is 26.8. The minimum atomic E-state index is -0.873. The molecule has 0 fully saturated rings. The summed E-state index contributed by atoms with van der Waals surface area (Å²) in [7, 11) is 0. The van der Waals surface area contributed by atoms with E-state index in [-0.39, 0.29) is 12.8 Å². The van der Waals surface area contributed by atoms with E-state index in [2.05, 4.69) is 75.1 Å². The number of carboxylic acids is 2. The van der Waals surface area contributed by atoms with Crippen molar-refractivity contribution in [3.8, 4) is 0 Å². The minimum absolute atomic E-state index is 0.0174. The van der Waals surface area contributed by atoms with Gasteiger partial charge in [-0.3, -0.25) is 9.59 Å². The third kappa shape index (κ3) is 5.35. The third-order valence-electron chi connectivity index (χ3n) is 7.55. The number of halogens is 2. The highest BCUT2D eigenvalue weighted by molar-refractivity contribution is 14.1. The second-order valence-electron chi connectivity index (χ2n) is 10.1. The molecule has 5 rings (SSSR count). The molecule has 0 unspecified atom stereocenters. The normalized spacial score (nSPS) is 13.3. The number of nitrogens with zero attached hydrogens (tertiary/aromatic N) is 2. The van der Waals surface area contributed by atoms with Gasteiger partial charge < -0.3 is 20.2 Å². The van der Waals surface area contributed by atoms with Crippen molar-refractivity contribution in [3.05, 3.63) is 65.3 Å². The monoisotopic (exact) mass is 762 g/mol. The van der Waals surface area contributed by atoms with Crippen LogP contribution in [0.2, 0.25) is 0 Å². The molecule has 8 bridgehead atoms. The molecule has 3 aromatic heterocycles. The molecule has 5 heterocycles. The Bertz CT molecular complexity index is 1700. The first-order valence-electron chi connectivity index (χ1n) is 12.9. The summed E-state index contributed by atoms with van der Waals surface area (Å²) in [6.07, 6.45) is 0.631. The predicted octanol–water partition coefficient (Wildman–Crippen LogP) is 7.73. The maximum atomic E-state index is 11.5. The molecule has 2 aliphatic heterocycles. The van der Waals surface area contributed by atoms with Crippen molar-refractivity contribution in [2.24, 2.45) is 0 Å².